The standard InChI is InChI=1S/C19H23NO/c1-3-7-18-19(20-2)16-13-15(10-11-17(16)21-18)12-14-8-5-4-6-9-14/h4-6,8-11,13,18-20H,3,7,12H2,1-2H3. The van der Waals surface area contributed by atoms with Gasteiger partial charge in [-0.1, -0.05) is 55.8 Å². The molecule has 110 valence electrons. The zero-order valence-corrected chi connectivity index (χ0v) is 12.8. The molecular weight excluding hydrogens is 258 g/mol. The highest BCUT2D eigenvalue weighted by Crippen LogP contribution is 2.38. The summed E-state index contributed by atoms with van der Waals surface area (Å²) in [6.07, 6.45) is 3.48. The molecule has 1 aliphatic heterocycles. The smallest absolute Gasteiger partial charge is 0.124 e. The molecule has 2 nitrogen and oxygen atoms in total. The van der Waals surface area contributed by atoms with E-state index in [1.54, 1.807) is 0 Å². The van der Waals surface area contributed by atoms with Crippen molar-refractivity contribution < 1.29 is 4.74 Å². The number of rotatable bonds is 5. The van der Waals surface area contributed by atoms with Crippen molar-refractivity contribution in [3.63, 3.8) is 0 Å². The molecule has 0 spiro atoms. The Morgan fingerprint density at radius 2 is 1.86 bits per heavy atom. The van der Waals surface area contributed by atoms with E-state index in [-0.39, 0.29) is 6.10 Å². The van der Waals surface area contributed by atoms with Gasteiger partial charge < -0.3 is 10.1 Å². The van der Waals surface area contributed by atoms with Gasteiger partial charge in [0.2, 0.25) is 0 Å². The maximum absolute atomic E-state index is 6.09. The van der Waals surface area contributed by atoms with Crippen LogP contribution in [0.5, 0.6) is 5.75 Å². The summed E-state index contributed by atoms with van der Waals surface area (Å²) in [6, 6.07) is 17.6. The Balaban J connectivity index is 1.84. The Labute approximate surface area is 127 Å². The molecule has 0 amide bonds. The lowest BCUT2D eigenvalue weighted by atomic mass is 9.97. The first-order valence-electron chi connectivity index (χ1n) is 7.82. The summed E-state index contributed by atoms with van der Waals surface area (Å²) >= 11 is 0. The summed E-state index contributed by atoms with van der Waals surface area (Å²) < 4.78 is 6.09. The van der Waals surface area contributed by atoms with Crippen molar-refractivity contribution in [1.82, 2.24) is 5.32 Å². The van der Waals surface area contributed by atoms with Gasteiger partial charge in [-0.3, -0.25) is 0 Å². The number of likely N-dealkylation sites (N-methyl/N-ethyl adjacent to an activating group) is 1. The second-order valence-corrected chi connectivity index (χ2v) is 5.75. The van der Waals surface area contributed by atoms with Gasteiger partial charge in [0, 0.05) is 5.56 Å². The fourth-order valence-corrected chi connectivity index (χ4v) is 3.17. The van der Waals surface area contributed by atoms with Crippen LogP contribution in [-0.2, 0) is 6.42 Å². The van der Waals surface area contributed by atoms with Crippen LogP contribution in [0.4, 0.5) is 0 Å². The molecule has 2 aromatic carbocycles. The lowest BCUT2D eigenvalue weighted by molar-refractivity contribution is 0.182. The fraction of sp³-hybridized carbons (Fsp3) is 0.368. The van der Waals surface area contributed by atoms with E-state index in [1.807, 2.05) is 7.05 Å². The van der Waals surface area contributed by atoms with Gasteiger partial charge in [-0.05, 0) is 37.1 Å². The predicted octanol–water partition coefficient (Wildman–Crippen LogP) is 4.10. The van der Waals surface area contributed by atoms with Gasteiger partial charge in [-0.2, -0.15) is 0 Å². The summed E-state index contributed by atoms with van der Waals surface area (Å²) in [4.78, 5) is 0. The van der Waals surface area contributed by atoms with Crippen molar-refractivity contribution in [2.75, 3.05) is 7.05 Å². The molecule has 2 aromatic rings. The van der Waals surface area contributed by atoms with E-state index in [0.717, 1.165) is 25.0 Å². The van der Waals surface area contributed by atoms with Crippen LogP contribution in [0.2, 0.25) is 0 Å². The van der Waals surface area contributed by atoms with Gasteiger partial charge in [0.1, 0.15) is 11.9 Å². The van der Waals surface area contributed by atoms with E-state index >= 15 is 0 Å². The van der Waals surface area contributed by atoms with Gasteiger partial charge in [0.05, 0.1) is 6.04 Å². The zero-order valence-electron chi connectivity index (χ0n) is 12.8. The molecule has 0 saturated heterocycles. The third kappa shape index (κ3) is 2.96. The summed E-state index contributed by atoms with van der Waals surface area (Å²) in [5, 5.41) is 3.42. The number of fused-ring (bicyclic) bond motifs is 1. The Morgan fingerprint density at radius 3 is 2.57 bits per heavy atom. The number of ether oxygens (including phenoxy) is 1. The third-order valence-corrected chi connectivity index (χ3v) is 4.19. The summed E-state index contributed by atoms with van der Waals surface area (Å²) in [5.41, 5.74) is 4.01. The number of hydrogen-bond acceptors (Lipinski definition) is 2. The average molecular weight is 281 g/mol. The Hall–Kier alpha value is -1.80. The minimum absolute atomic E-state index is 0.266. The summed E-state index contributed by atoms with van der Waals surface area (Å²) in [7, 11) is 2.02. The lowest BCUT2D eigenvalue weighted by Crippen LogP contribution is -2.28. The minimum Gasteiger partial charge on any atom is -0.488 e. The molecule has 0 radical (unpaired) electrons. The minimum atomic E-state index is 0.266. The Bertz CT molecular complexity index is 594. The number of nitrogens with one attached hydrogen (secondary N) is 1. The lowest BCUT2D eigenvalue weighted by Gasteiger charge is -2.17. The van der Waals surface area contributed by atoms with Crippen LogP contribution in [0.25, 0.3) is 0 Å². The first kappa shape index (κ1) is 14.2. The molecule has 0 bridgehead atoms. The van der Waals surface area contributed by atoms with Crippen molar-refractivity contribution in [2.45, 2.75) is 38.3 Å². The molecule has 2 atom stereocenters. The van der Waals surface area contributed by atoms with Gasteiger partial charge in [-0.15, -0.1) is 0 Å². The van der Waals surface area contributed by atoms with Crippen LogP contribution < -0.4 is 10.1 Å². The molecule has 0 aromatic heterocycles. The molecular formula is C19H23NO. The van der Waals surface area contributed by atoms with E-state index in [9.17, 15) is 0 Å². The number of hydrogen-bond donors (Lipinski definition) is 1. The van der Waals surface area contributed by atoms with Crippen molar-refractivity contribution >= 4 is 0 Å². The van der Waals surface area contributed by atoms with Crippen LogP contribution in [0.15, 0.2) is 48.5 Å². The third-order valence-electron chi connectivity index (χ3n) is 4.19. The Morgan fingerprint density at radius 1 is 1.05 bits per heavy atom. The van der Waals surface area contributed by atoms with Crippen molar-refractivity contribution in [3.05, 3.63) is 65.2 Å². The fourth-order valence-electron chi connectivity index (χ4n) is 3.17. The normalized spacial score (nSPS) is 20.1. The van der Waals surface area contributed by atoms with E-state index in [1.165, 1.54) is 16.7 Å². The first-order valence-corrected chi connectivity index (χ1v) is 7.82. The molecule has 1 aliphatic rings. The highest BCUT2D eigenvalue weighted by Gasteiger charge is 2.32. The predicted molar refractivity (Wildman–Crippen MR) is 86.8 cm³/mol. The average Bonchev–Trinajstić information content (AvgIpc) is 2.85. The van der Waals surface area contributed by atoms with E-state index in [4.69, 9.17) is 4.74 Å². The van der Waals surface area contributed by atoms with Crippen LogP contribution in [-0.4, -0.2) is 13.2 Å². The molecule has 0 fully saturated rings. The molecule has 2 unspecified atom stereocenters. The molecule has 1 heterocycles. The summed E-state index contributed by atoms with van der Waals surface area (Å²) in [6.45, 7) is 2.21. The zero-order chi connectivity index (χ0) is 14.7. The van der Waals surface area contributed by atoms with Gasteiger partial charge in [-0.25, -0.2) is 0 Å². The first-order chi connectivity index (χ1) is 10.3. The molecule has 1 N–H and O–H groups in total. The molecule has 0 aliphatic carbocycles. The van der Waals surface area contributed by atoms with Crippen molar-refractivity contribution in [3.8, 4) is 5.75 Å². The van der Waals surface area contributed by atoms with E-state index in [2.05, 4.69) is 60.8 Å². The second-order valence-electron chi connectivity index (χ2n) is 5.75. The highest BCUT2D eigenvalue weighted by atomic mass is 16.5. The maximum atomic E-state index is 6.09. The van der Waals surface area contributed by atoms with Crippen molar-refractivity contribution in [2.24, 2.45) is 0 Å². The maximum Gasteiger partial charge on any atom is 0.124 e. The topological polar surface area (TPSA) is 21.3 Å². The van der Waals surface area contributed by atoms with Gasteiger partial charge in [0.25, 0.3) is 0 Å². The molecule has 21 heavy (non-hydrogen) atoms. The molecule has 3 rings (SSSR count). The number of benzene rings is 2. The van der Waals surface area contributed by atoms with E-state index in [0.29, 0.717) is 6.04 Å². The monoisotopic (exact) mass is 281 g/mol. The SMILES string of the molecule is CCCC1Oc2ccc(Cc3ccccc3)cc2C1NC. The largest absolute Gasteiger partial charge is 0.488 e. The van der Waals surface area contributed by atoms with Crippen LogP contribution >= 0.6 is 0 Å². The van der Waals surface area contributed by atoms with E-state index < -0.39 is 0 Å². The summed E-state index contributed by atoms with van der Waals surface area (Å²) in [5.74, 6) is 1.05. The van der Waals surface area contributed by atoms with Crippen LogP contribution in [0.3, 0.4) is 0 Å². The van der Waals surface area contributed by atoms with Crippen LogP contribution in [0, 0.1) is 0 Å². The Kier molecular flexibility index (Phi) is 4.26. The second kappa shape index (κ2) is 6.31. The molecule has 2 heteroatoms. The quantitative estimate of drug-likeness (QED) is 0.891. The van der Waals surface area contributed by atoms with Gasteiger partial charge >= 0.3 is 0 Å². The van der Waals surface area contributed by atoms with Crippen molar-refractivity contribution in [1.29, 1.82) is 0 Å². The van der Waals surface area contributed by atoms with Crippen LogP contribution in [0.1, 0.15) is 42.5 Å². The highest BCUT2D eigenvalue weighted by molar-refractivity contribution is 5.44. The van der Waals surface area contributed by atoms with Gasteiger partial charge in [0.15, 0.2) is 0 Å². The molecule has 0 saturated carbocycles.